The number of carbonyl (C=O) groups is 1. The van der Waals surface area contributed by atoms with Crippen LogP contribution in [-0.4, -0.2) is 17.9 Å². The van der Waals surface area contributed by atoms with E-state index < -0.39 is 6.16 Å². The van der Waals surface area contributed by atoms with Gasteiger partial charge in [-0.05, 0) is 50.0 Å². The molecule has 4 nitrogen and oxygen atoms in total. The normalized spacial score (nSPS) is 24.2. The molecule has 1 saturated carbocycles. The van der Waals surface area contributed by atoms with Crippen LogP contribution in [-0.2, 0) is 10.2 Å². The van der Waals surface area contributed by atoms with Crippen LogP contribution >= 0.6 is 0 Å². The summed E-state index contributed by atoms with van der Waals surface area (Å²) in [6.45, 7) is 6.21. The van der Waals surface area contributed by atoms with Gasteiger partial charge in [-0.2, -0.15) is 0 Å². The minimum Gasteiger partial charge on any atom is -0.507 e. The predicted molar refractivity (Wildman–Crippen MR) is 91.9 cm³/mol. The largest absolute Gasteiger partial charge is 0.513 e. The van der Waals surface area contributed by atoms with E-state index in [4.69, 9.17) is 9.47 Å². The first kappa shape index (κ1) is 15.3. The number of phenols is 1. The molecule has 2 aliphatic carbocycles. The maximum Gasteiger partial charge on any atom is 0.513 e. The molecule has 0 aromatic heterocycles. The number of ether oxygens (including phenoxy) is 2. The van der Waals surface area contributed by atoms with Crippen LogP contribution in [0.25, 0.3) is 10.8 Å². The lowest BCUT2D eigenvalue weighted by Crippen LogP contribution is -2.18. The molecular formula is C20H22O4. The predicted octanol–water partition coefficient (Wildman–Crippen LogP) is 4.93. The zero-order chi connectivity index (χ0) is 17.1. The quantitative estimate of drug-likeness (QED) is 0.628. The third-order valence-electron chi connectivity index (χ3n) is 5.71. The topological polar surface area (TPSA) is 55.8 Å². The van der Waals surface area contributed by atoms with Crippen molar-refractivity contribution in [3.8, 4) is 11.5 Å². The molecule has 1 N–H and O–H groups in total. The lowest BCUT2D eigenvalue weighted by atomic mass is 9.78. The highest BCUT2D eigenvalue weighted by Crippen LogP contribution is 2.63. The fourth-order valence-electron chi connectivity index (χ4n) is 4.73. The maximum absolute atomic E-state index is 12.0. The van der Waals surface area contributed by atoms with E-state index in [-0.39, 0.29) is 12.0 Å². The Balaban J connectivity index is 2.04. The van der Waals surface area contributed by atoms with Gasteiger partial charge in [-0.25, -0.2) is 4.79 Å². The van der Waals surface area contributed by atoms with Crippen molar-refractivity contribution >= 4 is 16.9 Å². The van der Waals surface area contributed by atoms with Crippen molar-refractivity contribution in [2.24, 2.45) is 0 Å². The van der Waals surface area contributed by atoms with Gasteiger partial charge in [0, 0.05) is 21.9 Å². The minimum absolute atomic E-state index is 0.0329. The molecule has 0 radical (unpaired) electrons. The molecule has 2 atom stereocenters. The van der Waals surface area contributed by atoms with Gasteiger partial charge < -0.3 is 14.6 Å². The minimum atomic E-state index is -0.678. The number of rotatable bonds is 2. The highest BCUT2D eigenvalue weighted by molar-refractivity contribution is 6.00. The van der Waals surface area contributed by atoms with Crippen molar-refractivity contribution in [1.82, 2.24) is 0 Å². The molecule has 24 heavy (non-hydrogen) atoms. The summed E-state index contributed by atoms with van der Waals surface area (Å²) in [5.41, 5.74) is 2.93. The summed E-state index contributed by atoms with van der Waals surface area (Å²) in [7, 11) is 0. The Morgan fingerprint density at radius 3 is 2.96 bits per heavy atom. The van der Waals surface area contributed by atoms with Gasteiger partial charge in [0.2, 0.25) is 0 Å². The molecule has 0 amide bonds. The standard InChI is InChI=1S/C20H22O4/c1-4-23-19(22)24-18-14-11(2)6-5-7-13(14)17(21)16-15(18)12-8-9-20(16,3)10-12/h5-7,12,21H,4,8-10H2,1-3H3. The maximum atomic E-state index is 12.0. The van der Waals surface area contributed by atoms with E-state index in [0.717, 1.165) is 46.7 Å². The molecule has 2 aliphatic rings. The van der Waals surface area contributed by atoms with Gasteiger partial charge in [-0.3, -0.25) is 0 Å². The van der Waals surface area contributed by atoms with E-state index in [2.05, 4.69) is 6.92 Å². The summed E-state index contributed by atoms with van der Waals surface area (Å²) in [6, 6.07) is 5.79. The molecule has 126 valence electrons. The van der Waals surface area contributed by atoms with E-state index in [1.807, 2.05) is 25.1 Å². The van der Waals surface area contributed by atoms with Crippen LogP contribution in [0.5, 0.6) is 11.5 Å². The number of aromatic hydroxyl groups is 1. The zero-order valence-electron chi connectivity index (χ0n) is 14.3. The molecule has 2 unspecified atom stereocenters. The molecule has 4 rings (SSSR count). The summed E-state index contributed by atoms with van der Waals surface area (Å²) in [5.74, 6) is 1.27. The Morgan fingerprint density at radius 1 is 1.42 bits per heavy atom. The summed E-state index contributed by atoms with van der Waals surface area (Å²) in [5, 5.41) is 12.5. The van der Waals surface area contributed by atoms with Gasteiger partial charge in [0.1, 0.15) is 11.5 Å². The Kier molecular flexibility index (Phi) is 3.27. The average molecular weight is 326 g/mol. The first-order valence-corrected chi connectivity index (χ1v) is 8.59. The SMILES string of the molecule is CCOC(=O)Oc1c2c(c(O)c3cccc(C)c13)C1(C)CCC2C1. The number of carbonyl (C=O) groups excluding carboxylic acids is 1. The fourth-order valence-corrected chi connectivity index (χ4v) is 4.73. The highest BCUT2D eigenvalue weighted by atomic mass is 16.7. The van der Waals surface area contributed by atoms with E-state index >= 15 is 0 Å². The number of aryl methyl sites for hydroxylation is 1. The monoisotopic (exact) mass is 326 g/mol. The van der Waals surface area contributed by atoms with Gasteiger partial charge in [0.25, 0.3) is 0 Å². The molecule has 0 heterocycles. The van der Waals surface area contributed by atoms with Crippen molar-refractivity contribution in [3.05, 3.63) is 34.9 Å². The number of hydrogen-bond donors (Lipinski definition) is 1. The summed E-state index contributed by atoms with van der Waals surface area (Å²) in [6.07, 6.45) is 2.46. The molecule has 2 bridgehead atoms. The van der Waals surface area contributed by atoms with E-state index in [9.17, 15) is 9.90 Å². The second-order valence-corrected chi connectivity index (χ2v) is 7.25. The van der Waals surface area contributed by atoms with Crippen LogP contribution in [0.3, 0.4) is 0 Å². The second kappa shape index (κ2) is 5.13. The lowest BCUT2D eigenvalue weighted by molar-refractivity contribution is 0.104. The van der Waals surface area contributed by atoms with Crippen molar-refractivity contribution in [2.75, 3.05) is 6.61 Å². The highest BCUT2D eigenvalue weighted by Gasteiger charge is 2.50. The van der Waals surface area contributed by atoms with Gasteiger partial charge in [0.15, 0.2) is 0 Å². The van der Waals surface area contributed by atoms with Crippen LogP contribution in [0.2, 0.25) is 0 Å². The van der Waals surface area contributed by atoms with Crippen LogP contribution in [0.4, 0.5) is 4.79 Å². The number of phenolic OH excluding ortho intramolecular Hbond substituents is 1. The summed E-state index contributed by atoms with van der Waals surface area (Å²) in [4.78, 5) is 12.0. The van der Waals surface area contributed by atoms with Gasteiger partial charge >= 0.3 is 6.16 Å². The van der Waals surface area contributed by atoms with Crippen LogP contribution in [0.1, 0.15) is 55.7 Å². The van der Waals surface area contributed by atoms with Gasteiger partial charge in [0.05, 0.1) is 6.61 Å². The van der Waals surface area contributed by atoms with Crippen molar-refractivity contribution in [3.63, 3.8) is 0 Å². The summed E-state index contributed by atoms with van der Waals surface area (Å²) >= 11 is 0. The van der Waals surface area contributed by atoms with Gasteiger partial charge in [-0.15, -0.1) is 0 Å². The van der Waals surface area contributed by atoms with Gasteiger partial charge in [-0.1, -0.05) is 25.1 Å². The molecule has 2 aromatic carbocycles. The molecule has 4 heteroatoms. The molecule has 0 aliphatic heterocycles. The van der Waals surface area contributed by atoms with Crippen LogP contribution in [0, 0.1) is 6.92 Å². The molecule has 2 aromatic rings. The molecular weight excluding hydrogens is 304 g/mol. The van der Waals surface area contributed by atoms with Crippen molar-refractivity contribution in [1.29, 1.82) is 0 Å². The third kappa shape index (κ3) is 1.95. The smallest absolute Gasteiger partial charge is 0.507 e. The average Bonchev–Trinajstić information content (AvgIpc) is 3.05. The fraction of sp³-hybridized carbons (Fsp3) is 0.450. The Labute approximate surface area is 141 Å². The Hall–Kier alpha value is -2.23. The Morgan fingerprint density at radius 2 is 2.21 bits per heavy atom. The second-order valence-electron chi connectivity index (χ2n) is 7.25. The van der Waals surface area contributed by atoms with Crippen LogP contribution in [0.15, 0.2) is 18.2 Å². The first-order valence-electron chi connectivity index (χ1n) is 8.59. The summed E-state index contributed by atoms with van der Waals surface area (Å²) < 4.78 is 10.7. The van der Waals surface area contributed by atoms with Crippen molar-refractivity contribution < 1.29 is 19.4 Å². The van der Waals surface area contributed by atoms with E-state index in [1.54, 1.807) is 6.92 Å². The van der Waals surface area contributed by atoms with Crippen LogP contribution < -0.4 is 4.74 Å². The van der Waals surface area contributed by atoms with E-state index in [1.165, 1.54) is 0 Å². The number of hydrogen-bond acceptors (Lipinski definition) is 4. The molecule has 1 fully saturated rings. The number of fused-ring (bicyclic) bond motifs is 6. The molecule has 0 spiro atoms. The first-order chi connectivity index (χ1) is 11.5. The third-order valence-corrected chi connectivity index (χ3v) is 5.71. The molecule has 0 saturated heterocycles. The van der Waals surface area contributed by atoms with Crippen molar-refractivity contribution in [2.45, 2.75) is 51.4 Å². The number of benzene rings is 2. The lowest BCUT2D eigenvalue weighted by Gasteiger charge is -2.28. The Bertz CT molecular complexity index is 855. The van der Waals surface area contributed by atoms with E-state index in [0.29, 0.717) is 17.4 Å². The zero-order valence-corrected chi connectivity index (χ0v) is 14.3.